The van der Waals surface area contributed by atoms with Gasteiger partial charge in [-0.2, -0.15) is 12.7 Å². The Morgan fingerprint density at radius 1 is 1.17 bits per heavy atom. The van der Waals surface area contributed by atoms with Crippen LogP contribution in [0.2, 0.25) is 5.02 Å². The summed E-state index contributed by atoms with van der Waals surface area (Å²) in [6.45, 7) is 0. The first-order valence-electron chi connectivity index (χ1n) is 6.59. The summed E-state index contributed by atoms with van der Waals surface area (Å²) in [4.78, 5) is 4.16. The third-order valence-corrected chi connectivity index (χ3v) is 4.67. The van der Waals surface area contributed by atoms with Crippen molar-refractivity contribution in [1.82, 2.24) is 9.29 Å². The minimum Gasteiger partial charge on any atom is -0.495 e. The highest BCUT2D eigenvalue weighted by Crippen LogP contribution is 2.28. The maximum atomic E-state index is 11.7. The van der Waals surface area contributed by atoms with Crippen LogP contribution >= 0.6 is 11.6 Å². The molecule has 1 aromatic heterocycles. The fourth-order valence-corrected chi connectivity index (χ4v) is 2.52. The van der Waals surface area contributed by atoms with Gasteiger partial charge in [-0.1, -0.05) is 11.6 Å². The zero-order valence-electron chi connectivity index (χ0n) is 12.9. The van der Waals surface area contributed by atoms with Crippen LogP contribution in [0.5, 0.6) is 5.75 Å². The molecule has 2 aromatic rings. The molecule has 2 N–H and O–H groups in total. The van der Waals surface area contributed by atoms with Crippen molar-refractivity contribution in [2.45, 2.75) is 0 Å². The summed E-state index contributed by atoms with van der Waals surface area (Å²) in [7, 11) is 0.887. The summed E-state index contributed by atoms with van der Waals surface area (Å²) >= 11 is 6.06. The second kappa shape index (κ2) is 7.03. The predicted octanol–water partition coefficient (Wildman–Crippen LogP) is 2.71. The monoisotopic (exact) mass is 356 g/mol. The molecule has 0 spiro atoms. The molecule has 1 aromatic carbocycles. The fourth-order valence-electron chi connectivity index (χ4n) is 1.66. The molecule has 2 rings (SSSR count). The van der Waals surface area contributed by atoms with Crippen LogP contribution < -0.4 is 14.8 Å². The predicted molar refractivity (Wildman–Crippen MR) is 91.8 cm³/mol. The van der Waals surface area contributed by atoms with Gasteiger partial charge in [0.1, 0.15) is 11.6 Å². The van der Waals surface area contributed by atoms with Crippen molar-refractivity contribution >= 4 is 39.0 Å². The van der Waals surface area contributed by atoms with E-state index in [1.807, 2.05) is 0 Å². The van der Waals surface area contributed by atoms with Crippen molar-refractivity contribution in [3.05, 3.63) is 41.6 Å². The Bertz CT molecular complexity index is 779. The van der Waals surface area contributed by atoms with Crippen LogP contribution in [0, 0.1) is 0 Å². The minimum atomic E-state index is -3.54. The molecule has 0 unspecified atom stereocenters. The number of hydrogen-bond acceptors (Lipinski definition) is 5. The number of aromatic nitrogens is 1. The highest BCUT2D eigenvalue weighted by Gasteiger charge is 2.13. The lowest BCUT2D eigenvalue weighted by molar-refractivity contribution is 0.415. The minimum absolute atomic E-state index is 0.372. The molecule has 7 nitrogen and oxygen atoms in total. The van der Waals surface area contributed by atoms with Crippen LogP contribution in [0.1, 0.15) is 0 Å². The number of rotatable bonds is 6. The van der Waals surface area contributed by atoms with Gasteiger partial charge in [0.2, 0.25) is 0 Å². The van der Waals surface area contributed by atoms with Crippen LogP contribution in [0.3, 0.4) is 0 Å². The molecule has 0 bridgehead atoms. The maximum Gasteiger partial charge on any atom is 0.301 e. The first-order chi connectivity index (χ1) is 10.8. The van der Waals surface area contributed by atoms with Gasteiger partial charge < -0.3 is 10.1 Å². The summed E-state index contributed by atoms with van der Waals surface area (Å²) in [5.74, 6) is 1.14. The van der Waals surface area contributed by atoms with Gasteiger partial charge in [-0.3, -0.25) is 4.72 Å². The van der Waals surface area contributed by atoms with E-state index in [2.05, 4.69) is 15.0 Å². The van der Waals surface area contributed by atoms with E-state index in [9.17, 15) is 8.42 Å². The van der Waals surface area contributed by atoms with Crippen molar-refractivity contribution in [2.75, 3.05) is 31.2 Å². The molecule has 1 heterocycles. The van der Waals surface area contributed by atoms with Crippen molar-refractivity contribution in [3.8, 4) is 5.75 Å². The van der Waals surface area contributed by atoms with Crippen molar-refractivity contribution < 1.29 is 13.2 Å². The van der Waals surface area contributed by atoms with Crippen LogP contribution in [-0.2, 0) is 10.2 Å². The zero-order chi connectivity index (χ0) is 17.0. The summed E-state index contributed by atoms with van der Waals surface area (Å²) in [5, 5.41) is 3.55. The zero-order valence-corrected chi connectivity index (χ0v) is 14.4. The van der Waals surface area contributed by atoms with Crippen LogP contribution in [-0.4, -0.2) is 38.9 Å². The Morgan fingerprint density at radius 2 is 1.87 bits per heavy atom. The van der Waals surface area contributed by atoms with Gasteiger partial charge in [-0.25, -0.2) is 4.98 Å². The Labute approximate surface area is 140 Å². The topological polar surface area (TPSA) is 83.6 Å². The number of ether oxygens (including phenoxy) is 1. The summed E-state index contributed by atoms with van der Waals surface area (Å²) in [6.07, 6.45) is 1.43. The number of halogens is 1. The summed E-state index contributed by atoms with van der Waals surface area (Å²) in [5.41, 5.74) is 1.11. The third-order valence-electron chi connectivity index (χ3n) is 2.92. The van der Waals surface area contributed by atoms with Gasteiger partial charge in [0, 0.05) is 19.8 Å². The molecule has 0 fully saturated rings. The van der Waals surface area contributed by atoms with E-state index in [1.54, 1.807) is 37.4 Å². The lowest BCUT2D eigenvalue weighted by Crippen LogP contribution is -2.28. The maximum absolute atomic E-state index is 11.7. The Hall–Kier alpha value is -2.03. The number of nitrogens with one attached hydrogen (secondary N) is 2. The fraction of sp³-hybridized carbons (Fsp3) is 0.214. The third kappa shape index (κ3) is 4.47. The van der Waals surface area contributed by atoms with E-state index in [0.29, 0.717) is 22.3 Å². The molecule has 0 aliphatic heterocycles. The molecule has 23 heavy (non-hydrogen) atoms. The number of methoxy groups -OCH3 is 1. The van der Waals surface area contributed by atoms with Crippen molar-refractivity contribution in [2.24, 2.45) is 0 Å². The molecule has 0 aliphatic rings. The normalized spacial score (nSPS) is 11.3. The lowest BCUT2D eigenvalue weighted by atomic mass is 10.3. The molecular formula is C14H17ClN4O3S. The largest absolute Gasteiger partial charge is 0.495 e. The number of nitrogens with zero attached hydrogens (tertiary/aromatic N) is 2. The SMILES string of the molecule is COc1ccc(Nc2ccc(NS(=O)(=O)N(C)C)cn2)cc1Cl. The second-order valence-electron chi connectivity index (χ2n) is 4.80. The Balaban J connectivity index is 2.10. The molecule has 9 heteroatoms. The highest BCUT2D eigenvalue weighted by atomic mass is 35.5. The second-order valence-corrected chi connectivity index (χ2v) is 7.09. The summed E-state index contributed by atoms with van der Waals surface area (Å²) in [6, 6.07) is 8.53. The van der Waals surface area contributed by atoms with E-state index in [-0.39, 0.29) is 0 Å². The van der Waals surface area contributed by atoms with Gasteiger partial charge in [-0.05, 0) is 30.3 Å². The van der Waals surface area contributed by atoms with Gasteiger partial charge in [0.25, 0.3) is 0 Å². The van der Waals surface area contributed by atoms with Gasteiger partial charge in [-0.15, -0.1) is 0 Å². The van der Waals surface area contributed by atoms with Crippen LogP contribution in [0.4, 0.5) is 17.2 Å². The number of anilines is 3. The quantitative estimate of drug-likeness (QED) is 0.831. The molecule has 0 atom stereocenters. The molecule has 0 amide bonds. The van der Waals surface area contributed by atoms with E-state index in [1.165, 1.54) is 20.3 Å². The van der Waals surface area contributed by atoms with Gasteiger partial charge in [0.05, 0.1) is 24.0 Å². The van der Waals surface area contributed by atoms with Gasteiger partial charge >= 0.3 is 10.2 Å². The number of benzene rings is 1. The Morgan fingerprint density at radius 3 is 2.39 bits per heavy atom. The molecule has 124 valence electrons. The highest BCUT2D eigenvalue weighted by molar-refractivity contribution is 7.90. The van der Waals surface area contributed by atoms with E-state index in [0.717, 1.165) is 9.99 Å². The average Bonchev–Trinajstić information content (AvgIpc) is 2.49. The average molecular weight is 357 g/mol. The van der Waals surface area contributed by atoms with Crippen molar-refractivity contribution in [1.29, 1.82) is 0 Å². The van der Waals surface area contributed by atoms with E-state index in [4.69, 9.17) is 16.3 Å². The lowest BCUT2D eigenvalue weighted by Gasteiger charge is -2.13. The standard InChI is InChI=1S/C14H17ClN4O3S/c1-19(2)23(20,21)18-11-5-7-14(16-9-11)17-10-4-6-13(22-3)12(15)8-10/h4-9,18H,1-3H3,(H,16,17). The van der Waals surface area contributed by atoms with Gasteiger partial charge in [0.15, 0.2) is 0 Å². The van der Waals surface area contributed by atoms with Crippen molar-refractivity contribution in [3.63, 3.8) is 0 Å². The molecule has 0 saturated heterocycles. The van der Waals surface area contributed by atoms with Crippen LogP contribution in [0.25, 0.3) is 0 Å². The first-order valence-corrected chi connectivity index (χ1v) is 8.40. The molecule has 0 aliphatic carbocycles. The molecular weight excluding hydrogens is 340 g/mol. The summed E-state index contributed by atoms with van der Waals surface area (Å²) < 4.78 is 32.0. The van der Waals surface area contributed by atoms with Crippen LogP contribution in [0.15, 0.2) is 36.5 Å². The first kappa shape index (κ1) is 17.3. The van der Waals surface area contributed by atoms with E-state index >= 15 is 0 Å². The molecule has 0 saturated carbocycles. The number of hydrogen-bond donors (Lipinski definition) is 2. The molecule has 0 radical (unpaired) electrons. The number of pyridine rings is 1. The van der Waals surface area contributed by atoms with E-state index < -0.39 is 10.2 Å². The smallest absolute Gasteiger partial charge is 0.301 e. The Kier molecular flexibility index (Phi) is 5.30.